The lowest BCUT2D eigenvalue weighted by Crippen LogP contribution is -2.49. The predicted molar refractivity (Wildman–Crippen MR) is 113 cm³/mol. The monoisotopic (exact) mass is 487 g/mol. The molecule has 0 saturated carbocycles. The number of hydrogen-bond donors (Lipinski definition) is 3. The normalized spacial score (nSPS) is 16.1. The van der Waals surface area contributed by atoms with Gasteiger partial charge >= 0.3 is 24.1 Å². The van der Waals surface area contributed by atoms with E-state index in [0.717, 1.165) is 17.0 Å². The molecule has 1 unspecified atom stereocenters. The molecule has 0 radical (unpaired) electrons. The van der Waals surface area contributed by atoms with Crippen LogP contribution in [0.1, 0.15) is 29.7 Å². The molecule has 3 rings (SSSR count). The van der Waals surface area contributed by atoms with E-state index in [4.69, 9.17) is 5.26 Å². The molecule has 0 fully saturated rings. The van der Waals surface area contributed by atoms with Crippen molar-refractivity contribution in [3.8, 4) is 6.07 Å². The number of rotatable bonds is 6. The molecular weight excluding hydrogens is 471 g/mol. The van der Waals surface area contributed by atoms with Crippen LogP contribution in [-0.2, 0) is 20.6 Å². The van der Waals surface area contributed by atoms with Gasteiger partial charge in [0.05, 0.1) is 28.9 Å². The van der Waals surface area contributed by atoms with Gasteiger partial charge in [0.1, 0.15) is 0 Å². The highest BCUT2D eigenvalue weighted by Crippen LogP contribution is 2.37. The lowest BCUT2D eigenvalue weighted by atomic mass is 9.86. The molecule has 2 aromatic rings. The molecule has 0 aromatic heterocycles. The summed E-state index contributed by atoms with van der Waals surface area (Å²) in [5.74, 6) is -7.80. The van der Waals surface area contributed by atoms with E-state index in [1.54, 1.807) is 0 Å². The van der Waals surface area contributed by atoms with Crippen LogP contribution in [0.25, 0.3) is 0 Å². The van der Waals surface area contributed by atoms with Gasteiger partial charge in [-0.1, -0.05) is 18.2 Å². The summed E-state index contributed by atoms with van der Waals surface area (Å²) in [7, 11) is 0. The Morgan fingerprint density at radius 1 is 1.09 bits per heavy atom. The number of allylic oxidation sites excluding steroid dienone is 1. The van der Waals surface area contributed by atoms with Crippen molar-refractivity contribution in [2.24, 2.45) is 5.92 Å². The predicted octanol–water partition coefficient (Wildman–Crippen LogP) is 3.48. The lowest BCUT2D eigenvalue weighted by molar-refractivity contribution is -0.157. The first-order valence-corrected chi connectivity index (χ1v) is 9.85. The number of carboxylic acid groups (broad SMARTS) is 2. The maximum atomic E-state index is 13.2. The van der Waals surface area contributed by atoms with Gasteiger partial charge in [-0.2, -0.15) is 18.4 Å². The van der Waals surface area contributed by atoms with Gasteiger partial charge in [-0.05, 0) is 42.8 Å². The van der Waals surface area contributed by atoms with Crippen LogP contribution in [0.2, 0.25) is 0 Å². The van der Waals surface area contributed by atoms with E-state index in [2.05, 4.69) is 5.32 Å². The van der Waals surface area contributed by atoms with E-state index in [-0.39, 0.29) is 22.5 Å². The van der Waals surface area contributed by atoms with Crippen molar-refractivity contribution < 1.29 is 42.6 Å². The van der Waals surface area contributed by atoms with Crippen molar-refractivity contribution in [2.75, 3.05) is 4.90 Å². The number of amides is 2. The van der Waals surface area contributed by atoms with E-state index in [1.807, 2.05) is 6.07 Å². The number of alkyl halides is 3. The molecule has 12 heteroatoms. The number of ketones is 1. The molecule has 0 aliphatic carbocycles. The Morgan fingerprint density at radius 3 is 2.20 bits per heavy atom. The van der Waals surface area contributed by atoms with Crippen LogP contribution in [-0.4, -0.2) is 34.0 Å². The number of nitriles is 1. The number of hydrogen-bond acceptors (Lipinski definition) is 5. The van der Waals surface area contributed by atoms with E-state index in [1.165, 1.54) is 37.3 Å². The number of Topliss-reactive ketones (excluding diaryl/α,β-unsaturated/α-hetero) is 1. The first-order valence-electron chi connectivity index (χ1n) is 9.85. The minimum atomic E-state index is -4.73. The summed E-state index contributed by atoms with van der Waals surface area (Å²) in [6, 6.07) is 8.76. The fourth-order valence-corrected chi connectivity index (χ4v) is 3.68. The molecule has 9 nitrogen and oxygen atoms in total. The van der Waals surface area contributed by atoms with Crippen LogP contribution in [0.4, 0.5) is 23.7 Å². The van der Waals surface area contributed by atoms with E-state index < -0.39 is 53.0 Å². The third kappa shape index (κ3) is 4.84. The second-order valence-corrected chi connectivity index (χ2v) is 7.47. The molecule has 1 heterocycles. The average molecular weight is 487 g/mol. The SMILES string of the molecule is CC1=C(C(=O)C(C(=O)O)C(=O)O)C(c2ccc(C#N)cc2)NC(=O)N1c1cccc(C(F)(F)F)c1. The van der Waals surface area contributed by atoms with Gasteiger partial charge in [-0.25, -0.2) is 4.79 Å². The Kier molecular flexibility index (Phi) is 6.63. The number of aliphatic carboxylic acids is 2. The molecule has 0 saturated heterocycles. The Bertz CT molecular complexity index is 1280. The number of urea groups is 1. The zero-order valence-electron chi connectivity index (χ0n) is 17.8. The van der Waals surface area contributed by atoms with Crippen LogP contribution >= 0.6 is 0 Å². The second-order valence-electron chi connectivity index (χ2n) is 7.47. The maximum Gasteiger partial charge on any atom is 0.416 e. The molecule has 0 spiro atoms. The Hall–Kier alpha value is -4.66. The van der Waals surface area contributed by atoms with Crippen LogP contribution in [0.5, 0.6) is 0 Å². The van der Waals surface area contributed by atoms with Crippen LogP contribution in [0.15, 0.2) is 59.8 Å². The molecule has 2 amide bonds. The first kappa shape index (κ1) is 25.0. The summed E-state index contributed by atoms with van der Waals surface area (Å²) in [4.78, 5) is 50.0. The van der Waals surface area contributed by atoms with Crippen molar-refractivity contribution >= 4 is 29.4 Å². The highest BCUT2D eigenvalue weighted by atomic mass is 19.4. The average Bonchev–Trinajstić information content (AvgIpc) is 2.77. The van der Waals surface area contributed by atoms with Crippen LogP contribution in [0, 0.1) is 17.2 Å². The van der Waals surface area contributed by atoms with E-state index in [0.29, 0.717) is 6.07 Å². The van der Waals surface area contributed by atoms with Crippen molar-refractivity contribution in [3.05, 3.63) is 76.5 Å². The topological polar surface area (TPSA) is 148 Å². The molecule has 1 aliphatic heterocycles. The lowest BCUT2D eigenvalue weighted by Gasteiger charge is -2.36. The molecule has 1 aliphatic rings. The summed E-state index contributed by atoms with van der Waals surface area (Å²) >= 11 is 0. The number of carbonyl (C=O) groups excluding carboxylic acids is 2. The zero-order chi connectivity index (χ0) is 26.1. The van der Waals surface area contributed by atoms with E-state index >= 15 is 0 Å². The van der Waals surface area contributed by atoms with Crippen molar-refractivity contribution in [3.63, 3.8) is 0 Å². The molecular formula is C23H16F3N3O6. The summed E-state index contributed by atoms with van der Waals surface area (Å²) in [6.07, 6.45) is -4.73. The smallest absolute Gasteiger partial charge is 0.416 e. The molecule has 3 N–H and O–H groups in total. The van der Waals surface area contributed by atoms with Gasteiger partial charge < -0.3 is 15.5 Å². The molecule has 0 bridgehead atoms. The summed E-state index contributed by atoms with van der Waals surface area (Å²) in [6.45, 7) is 1.20. The zero-order valence-corrected chi connectivity index (χ0v) is 17.8. The fraction of sp³-hybridized carbons (Fsp3) is 0.174. The molecule has 2 aromatic carbocycles. The van der Waals surface area contributed by atoms with Gasteiger partial charge in [0, 0.05) is 11.3 Å². The summed E-state index contributed by atoms with van der Waals surface area (Å²) in [5.41, 5.74) is -1.59. The molecule has 1 atom stereocenters. The quantitative estimate of drug-likeness (QED) is 0.529. The number of nitrogens with one attached hydrogen (secondary N) is 1. The Labute approximate surface area is 195 Å². The number of halogens is 3. The van der Waals surface area contributed by atoms with Gasteiger partial charge in [-0.15, -0.1) is 0 Å². The fourth-order valence-electron chi connectivity index (χ4n) is 3.68. The minimum absolute atomic E-state index is 0.221. The first-order chi connectivity index (χ1) is 16.4. The number of carboxylic acids is 2. The van der Waals surface area contributed by atoms with Crippen molar-refractivity contribution in [1.29, 1.82) is 5.26 Å². The van der Waals surface area contributed by atoms with Gasteiger partial charge in [0.25, 0.3) is 0 Å². The standard InChI is InChI=1S/C23H16F3N3O6/c1-11-16(19(30)17(20(31)32)21(33)34)18(13-7-5-12(10-27)6-8-13)28-22(35)29(11)15-4-2-3-14(9-15)23(24,25)26/h2-9,17-18H,1H3,(H,28,35)(H,31,32)(H,33,34). The number of nitrogens with zero attached hydrogens (tertiary/aromatic N) is 2. The number of carbonyl (C=O) groups is 4. The van der Waals surface area contributed by atoms with Gasteiger partial charge in [0.2, 0.25) is 5.92 Å². The van der Waals surface area contributed by atoms with Crippen LogP contribution in [0.3, 0.4) is 0 Å². The Balaban J connectivity index is 2.24. The number of anilines is 1. The summed E-state index contributed by atoms with van der Waals surface area (Å²) in [5, 5.41) is 30.1. The third-order valence-electron chi connectivity index (χ3n) is 5.31. The molecule has 180 valence electrons. The van der Waals surface area contributed by atoms with Crippen LogP contribution < -0.4 is 10.2 Å². The highest BCUT2D eigenvalue weighted by Gasteiger charge is 2.44. The third-order valence-corrected chi connectivity index (χ3v) is 5.31. The highest BCUT2D eigenvalue weighted by molar-refractivity contribution is 6.21. The van der Waals surface area contributed by atoms with Crippen molar-refractivity contribution in [1.82, 2.24) is 5.32 Å². The maximum absolute atomic E-state index is 13.2. The van der Waals surface area contributed by atoms with Crippen molar-refractivity contribution in [2.45, 2.75) is 19.1 Å². The largest absolute Gasteiger partial charge is 0.480 e. The van der Waals surface area contributed by atoms with Gasteiger partial charge in [0.15, 0.2) is 5.78 Å². The second kappa shape index (κ2) is 9.30. The molecule has 35 heavy (non-hydrogen) atoms. The summed E-state index contributed by atoms with van der Waals surface area (Å²) < 4.78 is 39.7. The number of benzene rings is 2. The van der Waals surface area contributed by atoms with E-state index in [9.17, 15) is 42.6 Å². The minimum Gasteiger partial charge on any atom is -0.480 e. The van der Waals surface area contributed by atoms with Gasteiger partial charge in [-0.3, -0.25) is 19.3 Å². The Morgan fingerprint density at radius 2 is 1.69 bits per heavy atom.